The Hall–Kier alpha value is -2.96. The molecule has 130 valence electrons. The van der Waals surface area contributed by atoms with Crippen LogP contribution in [0.4, 0.5) is 13.2 Å². The second kappa shape index (κ2) is 6.16. The average molecular weight is 348 g/mol. The molecule has 2 aromatic heterocycles. The predicted octanol–water partition coefficient (Wildman–Crippen LogP) is 4.22. The van der Waals surface area contributed by atoms with Crippen molar-refractivity contribution in [3.05, 3.63) is 71.3 Å². The van der Waals surface area contributed by atoms with E-state index in [0.717, 1.165) is 12.1 Å². The van der Waals surface area contributed by atoms with Crippen LogP contribution < -0.4 is 5.73 Å². The first-order valence-corrected chi connectivity index (χ1v) is 7.47. The van der Waals surface area contributed by atoms with Gasteiger partial charge in [0.05, 0.1) is 23.9 Å². The molecule has 25 heavy (non-hydrogen) atoms. The van der Waals surface area contributed by atoms with E-state index in [0.29, 0.717) is 34.8 Å². The number of carbonyl (C=O) groups excluding carboxylic acids is 1. The van der Waals surface area contributed by atoms with E-state index in [1.807, 2.05) is 0 Å². The molecule has 7 heteroatoms. The molecule has 0 saturated carbocycles. The topological polar surface area (TPSA) is 61.2 Å². The number of carbonyl (C=O) groups is 1. The molecular formula is C18H15F3N2O2. The first-order chi connectivity index (χ1) is 11.8. The number of hydrogen-bond acceptors (Lipinski definition) is 2. The molecule has 0 aliphatic heterocycles. The molecule has 3 rings (SSSR count). The van der Waals surface area contributed by atoms with Gasteiger partial charge in [0.2, 0.25) is 0 Å². The first-order valence-electron chi connectivity index (χ1n) is 7.47. The van der Waals surface area contributed by atoms with Gasteiger partial charge in [-0.15, -0.1) is 0 Å². The summed E-state index contributed by atoms with van der Waals surface area (Å²) < 4.78 is 45.4. The van der Waals surface area contributed by atoms with Crippen molar-refractivity contribution in [1.82, 2.24) is 4.57 Å². The van der Waals surface area contributed by atoms with Gasteiger partial charge in [-0.05, 0) is 42.8 Å². The molecule has 3 aromatic rings. The largest absolute Gasteiger partial charge is 0.467 e. The number of amides is 1. The van der Waals surface area contributed by atoms with Crippen LogP contribution in [0.3, 0.4) is 0 Å². The van der Waals surface area contributed by atoms with Gasteiger partial charge in [-0.1, -0.05) is 12.1 Å². The monoisotopic (exact) mass is 348 g/mol. The highest BCUT2D eigenvalue weighted by molar-refractivity contribution is 5.95. The van der Waals surface area contributed by atoms with Crippen molar-refractivity contribution in [2.24, 2.45) is 5.73 Å². The van der Waals surface area contributed by atoms with E-state index in [2.05, 4.69) is 0 Å². The van der Waals surface area contributed by atoms with Crippen molar-refractivity contribution < 1.29 is 22.4 Å². The second-order valence-electron chi connectivity index (χ2n) is 5.63. The molecule has 0 radical (unpaired) electrons. The molecule has 0 aliphatic carbocycles. The predicted molar refractivity (Wildman–Crippen MR) is 85.9 cm³/mol. The number of benzene rings is 1. The number of nitrogens with zero attached hydrogens (tertiary/aromatic N) is 1. The molecule has 1 amide bonds. The quantitative estimate of drug-likeness (QED) is 0.767. The highest BCUT2D eigenvalue weighted by Crippen LogP contribution is 2.32. The fourth-order valence-electron chi connectivity index (χ4n) is 2.73. The number of hydrogen-bond donors (Lipinski definition) is 1. The van der Waals surface area contributed by atoms with Crippen LogP contribution in [0, 0.1) is 6.92 Å². The van der Waals surface area contributed by atoms with Crippen molar-refractivity contribution in [2.75, 3.05) is 0 Å². The lowest BCUT2D eigenvalue weighted by Gasteiger charge is -2.12. The van der Waals surface area contributed by atoms with Crippen LogP contribution in [-0.4, -0.2) is 10.5 Å². The van der Waals surface area contributed by atoms with Crippen molar-refractivity contribution in [1.29, 1.82) is 0 Å². The molecule has 0 unspecified atom stereocenters. The van der Waals surface area contributed by atoms with Crippen molar-refractivity contribution in [3.63, 3.8) is 0 Å². The van der Waals surface area contributed by atoms with E-state index < -0.39 is 17.6 Å². The van der Waals surface area contributed by atoms with Gasteiger partial charge in [0.1, 0.15) is 5.76 Å². The van der Waals surface area contributed by atoms with Crippen LogP contribution >= 0.6 is 0 Å². The Bertz CT molecular complexity index is 892. The molecule has 0 bridgehead atoms. The maximum absolute atomic E-state index is 12.7. The zero-order valence-corrected chi connectivity index (χ0v) is 13.3. The Morgan fingerprint density at radius 1 is 1.20 bits per heavy atom. The number of aromatic nitrogens is 1. The van der Waals surface area contributed by atoms with Gasteiger partial charge in [0.25, 0.3) is 5.91 Å². The van der Waals surface area contributed by atoms with Gasteiger partial charge in [0.15, 0.2) is 0 Å². The minimum atomic E-state index is -4.40. The van der Waals surface area contributed by atoms with Crippen molar-refractivity contribution in [2.45, 2.75) is 19.6 Å². The number of rotatable bonds is 4. The van der Waals surface area contributed by atoms with Gasteiger partial charge in [-0.3, -0.25) is 4.79 Å². The number of halogens is 3. The maximum Gasteiger partial charge on any atom is 0.416 e. The van der Waals surface area contributed by atoms with Gasteiger partial charge >= 0.3 is 6.18 Å². The first kappa shape index (κ1) is 16.9. The van der Waals surface area contributed by atoms with Crippen LogP contribution in [0.2, 0.25) is 0 Å². The Morgan fingerprint density at radius 2 is 1.88 bits per heavy atom. The Labute approximate surface area is 141 Å². The summed E-state index contributed by atoms with van der Waals surface area (Å²) in [6.07, 6.45) is -2.87. The molecule has 2 N–H and O–H groups in total. The lowest BCUT2D eigenvalue weighted by molar-refractivity contribution is -0.137. The van der Waals surface area contributed by atoms with E-state index in [-0.39, 0.29) is 0 Å². The summed E-state index contributed by atoms with van der Waals surface area (Å²) >= 11 is 0. The summed E-state index contributed by atoms with van der Waals surface area (Å²) in [5.74, 6) is 0.0618. The standard InChI is InChI=1S/C18H15F3N2O2/c1-11-15(17(22)24)9-16(23(11)10-14-3-2-8-25-14)12-4-6-13(7-5-12)18(19,20)21/h2-9H,10H2,1H3,(H2,22,24). The zero-order valence-electron chi connectivity index (χ0n) is 13.3. The van der Waals surface area contributed by atoms with Gasteiger partial charge in [-0.2, -0.15) is 13.2 Å². The fraction of sp³-hybridized carbons (Fsp3) is 0.167. The summed E-state index contributed by atoms with van der Waals surface area (Å²) in [7, 11) is 0. The average Bonchev–Trinajstić information content (AvgIpc) is 3.16. The van der Waals surface area contributed by atoms with E-state index in [1.54, 1.807) is 29.7 Å². The van der Waals surface area contributed by atoms with Crippen LogP contribution in [0.1, 0.15) is 27.4 Å². The lowest BCUT2D eigenvalue weighted by atomic mass is 10.1. The molecule has 0 atom stereocenters. The SMILES string of the molecule is Cc1c(C(N)=O)cc(-c2ccc(C(F)(F)F)cc2)n1Cc1ccco1. The summed E-state index contributed by atoms with van der Waals surface area (Å²) in [4.78, 5) is 11.6. The molecule has 0 spiro atoms. The van der Waals surface area contributed by atoms with Gasteiger partial charge in [0, 0.05) is 11.4 Å². The fourth-order valence-corrected chi connectivity index (χ4v) is 2.73. The number of alkyl halides is 3. The van der Waals surface area contributed by atoms with Crippen LogP contribution in [0.25, 0.3) is 11.3 Å². The number of furan rings is 1. The second-order valence-corrected chi connectivity index (χ2v) is 5.63. The summed E-state index contributed by atoms with van der Waals surface area (Å²) in [6, 6.07) is 9.88. The van der Waals surface area contributed by atoms with Crippen LogP contribution in [0.15, 0.2) is 53.1 Å². The Balaban J connectivity index is 2.08. The number of nitrogens with two attached hydrogens (primary N) is 1. The summed E-state index contributed by atoms with van der Waals surface area (Å²) in [5.41, 5.74) is 6.77. The van der Waals surface area contributed by atoms with E-state index in [4.69, 9.17) is 10.2 Å². The van der Waals surface area contributed by atoms with E-state index >= 15 is 0 Å². The minimum absolute atomic E-state index is 0.321. The summed E-state index contributed by atoms with van der Waals surface area (Å²) in [6.45, 7) is 2.07. The normalized spacial score (nSPS) is 11.7. The number of primary amides is 1. The van der Waals surface area contributed by atoms with Crippen molar-refractivity contribution >= 4 is 5.91 Å². The molecular weight excluding hydrogens is 333 g/mol. The van der Waals surface area contributed by atoms with Gasteiger partial charge < -0.3 is 14.7 Å². The summed E-state index contributed by atoms with van der Waals surface area (Å²) in [5, 5.41) is 0. The molecule has 0 aliphatic rings. The van der Waals surface area contributed by atoms with Gasteiger partial charge in [-0.25, -0.2) is 0 Å². The smallest absolute Gasteiger partial charge is 0.416 e. The zero-order chi connectivity index (χ0) is 18.2. The molecule has 0 saturated heterocycles. The molecule has 1 aromatic carbocycles. The molecule has 2 heterocycles. The maximum atomic E-state index is 12.7. The third kappa shape index (κ3) is 3.31. The van der Waals surface area contributed by atoms with Crippen molar-refractivity contribution in [3.8, 4) is 11.3 Å². The third-order valence-corrected chi connectivity index (χ3v) is 4.03. The highest BCUT2D eigenvalue weighted by atomic mass is 19.4. The highest BCUT2D eigenvalue weighted by Gasteiger charge is 2.30. The van der Waals surface area contributed by atoms with E-state index in [9.17, 15) is 18.0 Å². The lowest BCUT2D eigenvalue weighted by Crippen LogP contribution is -2.12. The van der Waals surface area contributed by atoms with Crippen LogP contribution in [0.5, 0.6) is 0 Å². The molecule has 4 nitrogen and oxygen atoms in total. The van der Waals surface area contributed by atoms with Crippen LogP contribution in [-0.2, 0) is 12.7 Å². The van der Waals surface area contributed by atoms with E-state index in [1.165, 1.54) is 18.4 Å². The Morgan fingerprint density at radius 3 is 2.40 bits per heavy atom. The third-order valence-electron chi connectivity index (χ3n) is 4.03. The Kier molecular flexibility index (Phi) is 4.16. The minimum Gasteiger partial charge on any atom is -0.467 e. The molecule has 0 fully saturated rings.